The molecule has 5 nitrogen and oxygen atoms in total. The second-order valence-corrected chi connectivity index (χ2v) is 5.39. The molecular formula is C10H14N2O3S. The van der Waals surface area contributed by atoms with Gasteiger partial charge in [0, 0.05) is 0 Å². The van der Waals surface area contributed by atoms with Crippen LogP contribution in [0.2, 0.25) is 0 Å². The van der Waals surface area contributed by atoms with Crippen molar-refractivity contribution < 1.29 is 13.2 Å². The number of carbonyl (C=O) groups excluding carboxylic acids is 1. The van der Waals surface area contributed by atoms with Crippen LogP contribution in [0.1, 0.15) is 18.4 Å². The van der Waals surface area contributed by atoms with Crippen molar-refractivity contribution in [3.63, 3.8) is 0 Å². The first kappa shape index (κ1) is 12.7. The van der Waals surface area contributed by atoms with E-state index in [-0.39, 0.29) is 4.41 Å². The molecule has 0 spiro atoms. The van der Waals surface area contributed by atoms with Crippen LogP contribution in [-0.2, 0) is 14.8 Å². The maximum Gasteiger partial charge on any atom is 0.257 e. The highest BCUT2D eigenvalue weighted by atomic mass is 32.2. The van der Waals surface area contributed by atoms with E-state index in [2.05, 4.69) is 0 Å². The van der Waals surface area contributed by atoms with Gasteiger partial charge in [-0.25, -0.2) is 14.3 Å². The van der Waals surface area contributed by atoms with Gasteiger partial charge in [0.1, 0.15) is 0 Å². The molecule has 1 rings (SSSR count). The lowest BCUT2D eigenvalue weighted by Gasteiger charge is -2.18. The predicted octanol–water partition coefficient (Wildman–Crippen LogP) is 0.452. The minimum atomic E-state index is -3.69. The molecule has 0 aliphatic rings. The Balaban J connectivity index is 2.92. The lowest BCUT2D eigenvalue weighted by Crippen LogP contribution is -2.43. The fourth-order valence-electron chi connectivity index (χ4n) is 1.24. The number of hydrazine groups is 1. The summed E-state index contributed by atoms with van der Waals surface area (Å²) in [6.45, 7) is 1.61. The van der Waals surface area contributed by atoms with Crippen molar-refractivity contribution in [2.24, 2.45) is 5.84 Å². The lowest BCUT2D eigenvalue weighted by molar-refractivity contribution is -0.127. The molecule has 0 aromatic heterocycles. The van der Waals surface area contributed by atoms with Gasteiger partial charge in [0.15, 0.2) is 0 Å². The van der Waals surface area contributed by atoms with Gasteiger partial charge in [0.25, 0.3) is 5.91 Å². The fraction of sp³-hybridized carbons (Fsp3) is 0.300. The first-order valence-electron chi connectivity index (χ1n) is 4.68. The molecule has 0 fully saturated rings. The molecule has 0 saturated carbocycles. The number of hydrogen-bond donors (Lipinski definition) is 1. The van der Waals surface area contributed by atoms with Crippen LogP contribution in [0.25, 0.3) is 0 Å². The molecule has 1 aromatic rings. The summed E-state index contributed by atoms with van der Waals surface area (Å²) < 4.78 is 22.5. The second-order valence-electron chi connectivity index (χ2n) is 3.53. The third-order valence-electron chi connectivity index (χ3n) is 2.24. The largest absolute Gasteiger partial charge is 0.272 e. The van der Waals surface area contributed by atoms with Gasteiger partial charge in [-0.1, -0.05) is 30.3 Å². The number of nitrogens with zero attached hydrogens (tertiary/aromatic N) is 1. The maximum absolute atomic E-state index is 11.7. The van der Waals surface area contributed by atoms with Gasteiger partial charge in [-0.05, 0) is 12.5 Å². The van der Waals surface area contributed by atoms with E-state index in [4.69, 9.17) is 5.84 Å². The van der Waals surface area contributed by atoms with E-state index >= 15 is 0 Å². The van der Waals surface area contributed by atoms with Crippen LogP contribution in [0.15, 0.2) is 30.3 Å². The zero-order valence-electron chi connectivity index (χ0n) is 9.12. The summed E-state index contributed by atoms with van der Waals surface area (Å²) in [6.07, 6.45) is 0.891. The Morgan fingerprint density at radius 3 is 2.25 bits per heavy atom. The molecule has 1 unspecified atom stereocenters. The summed E-state index contributed by atoms with van der Waals surface area (Å²) in [5.41, 5.74) is 0.728. The van der Waals surface area contributed by atoms with E-state index < -0.39 is 21.8 Å². The molecule has 0 aliphatic carbocycles. The van der Waals surface area contributed by atoms with Gasteiger partial charge in [-0.15, -0.1) is 0 Å². The minimum Gasteiger partial charge on any atom is -0.272 e. The number of nitrogens with two attached hydrogens (primary N) is 1. The molecule has 0 bridgehead atoms. The summed E-state index contributed by atoms with van der Waals surface area (Å²) in [5.74, 6) is 4.00. The first-order valence-corrected chi connectivity index (χ1v) is 6.52. The SMILES string of the molecule is CC(C(=O)N(N)S(C)(=O)=O)c1ccccc1. The molecule has 0 aliphatic heterocycles. The van der Waals surface area contributed by atoms with Crippen molar-refractivity contribution in [3.8, 4) is 0 Å². The van der Waals surface area contributed by atoms with E-state index in [0.29, 0.717) is 0 Å². The summed E-state index contributed by atoms with van der Waals surface area (Å²) >= 11 is 0. The van der Waals surface area contributed by atoms with Gasteiger partial charge in [-0.3, -0.25) is 4.79 Å². The third kappa shape index (κ3) is 2.80. The van der Waals surface area contributed by atoms with Gasteiger partial charge in [0.05, 0.1) is 12.2 Å². The molecule has 0 heterocycles. The molecule has 2 N–H and O–H groups in total. The zero-order chi connectivity index (χ0) is 12.3. The zero-order valence-corrected chi connectivity index (χ0v) is 9.94. The Hall–Kier alpha value is -1.40. The standard InChI is InChI=1S/C10H14N2O3S/c1-8(9-6-4-3-5-7-9)10(13)12(11)16(2,14)15/h3-8H,11H2,1-2H3. The highest BCUT2D eigenvalue weighted by Crippen LogP contribution is 2.17. The van der Waals surface area contributed by atoms with Crippen LogP contribution >= 0.6 is 0 Å². The molecule has 6 heteroatoms. The molecule has 1 aromatic carbocycles. The topological polar surface area (TPSA) is 80.5 Å². The van der Waals surface area contributed by atoms with E-state index in [0.717, 1.165) is 11.8 Å². The Kier molecular flexibility index (Phi) is 3.66. The van der Waals surface area contributed by atoms with Crippen LogP contribution in [0.3, 0.4) is 0 Å². The van der Waals surface area contributed by atoms with Gasteiger partial charge < -0.3 is 0 Å². The quantitative estimate of drug-likeness (QED) is 0.474. The molecule has 16 heavy (non-hydrogen) atoms. The number of carbonyl (C=O) groups is 1. The highest BCUT2D eigenvalue weighted by molar-refractivity contribution is 7.88. The summed E-state index contributed by atoms with van der Waals surface area (Å²) in [7, 11) is -3.69. The minimum absolute atomic E-state index is 0.282. The van der Waals surface area contributed by atoms with Crippen molar-refractivity contribution in [2.75, 3.05) is 6.26 Å². The van der Waals surface area contributed by atoms with Crippen molar-refractivity contribution in [1.82, 2.24) is 4.41 Å². The third-order valence-corrected chi connectivity index (χ3v) is 3.14. The number of sulfonamides is 1. The highest BCUT2D eigenvalue weighted by Gasteiger charge is 2.25. The van der Waals surface area contributed by atoms with Crippen molar-refractivity contribution >= 4 is 15.9 Å². The van der Waals surface area contributed by atoms with E-state index in [1.165, 1.54) is 0 Å². The van der Waals surface area contributed by atoms with Gasteiger partial charge >= 0.3 is 0 Å². The van der Waals surface area contributed by atoms with E-state index in [1.807, 2.05) is 6.07 Å². The van der Waals surface area contributed by atoms with Crippen LogP contribution in [-0.4, -0.2) is 25.0 Å². The predicted molar refractivity (Wildman–Crippen MR) is 60.7 cm³/mol. The van der Waals surface area contributed by atoms with Gasteiger partial charge in [0.2, 0.25) is 10.0 Å². The molecule has 1 amide bonds. The Morgan fingerprint density at radius 1 is 1.31 bits per heavy atom. The average Bonchev–Trinajstić information content (AvgIpc) is 2.26. The Labute approximate surface area is 94.9 Å². The first-order chi connectivity index (χ1) is 7.34. The number of amides is 1. The summed E-state index contributed by atoms with van der Waals surface area (Å²) in [4.78, 5) is 11.7. The van der Waals surface area contributed by atoms with Crippen molar-refractivity contribution in [3.05, 3.63) is 35.9 Å². The van der Waals surface area contributed by atoms with Crippen molar-refractivity contribution in [1.29, 1.82) is 0 Å². The molecule has 0 radical (unpaired) electrons. The molecular weight excluding hydrogens is 228 g/mol. The van der Waals surface area contributed by atoms with Crippen LogP contribution < -0.4 is 5.84 Å². The lowest BCUT2D eigenvalue weighted by atomic mass is 10.0. The smallest absolute Gasteiger partial charge is 0.257 e. The number of hydrogen-bond acceptors (Lipinski definition) is 4. The van der Waals surface area contributed by atoms with E-state index in [9.17, 15) is 13.2 Å². The maximum atomic E-state index is 11.7. The average molecular weight is 242 g/mol. The monoisotopic (exact) mass is 242 g/mol. The van der Waals surface area contributed by atoms with Crippen LogP contribution in [0.4, 0.5) is 0 Å². The Morgan fingerprint density at radius 2 is 1.81 bits per heavy atom. The summed E-state index contributed by atoms with van der Waals surface area (Å²) in [5, 5.41) is 0. The second kappa shape index (κ2) is 4.63. The number of benzene rings is 1. The number of rotatable bonds is 3. The molecule has 88 valence electrons. The Bertz CT molecular complexity index is 470. The fourth-order valence-corrected chi connectivity index (χ4v) is 1.72. The van der Waals surface area contributed by atoms with Crippen LogP contribution in [0.5, 0.6) is 0 Å². The summed E-state index contributed by atoms with van der Waals surface area (Å²) in [6, 6.07) is 8.87. The van der Waals surface area contributed by atoms with Gasteiger partial charge in [-0.2, -0.15) is 4.41 Å². The molecule has 0 saturated heterocycles. The molecule has 1 atom stereocenters. The van der Waals surface area contributed by atoms with Crippen LogP contribution in [0, 0.1) is 0 Å². The van der Waals surface area contributed by atoms with Crippen molar-refractivity contribution in [2.45, 2.75) is 12.8 Å². The van der Waals surface area contributed by atoms with E-state index in [1.54, 1.807) is 31.2 Å². The normalized spacial score (nSPS) is 13.2.